The Bertz CT molecular complexity index is 662. The Labute approximate surface area is 124 Å². The van der Waals surface area contributed by atoms with Crippen molar-refractivity contribution in [3.05, 3.63) is 71.8 Å². The van der Waals surface area contributed by atoms with Crippen LogP contribution in [-0.4, -0.2) is 28.0 Å². The van der Waals surface area contributed by atoms with Crippen LogP contribution in [0.4, 0.5) is 0 Å². The molecule has 1 unspecified atom stereocenters. The van der Waals surface area contributed by atoms with Gasteiger partial charge in [-0.25, -0.2) is 0 Å². The molecule has 1 aliphatic rings. The van der Waals surface area contributed by atoms with E-state index in [0.717, 1.165) is 11.1 Å². The molecule has 0 amide bonds. The van der Waals surface area contributed by atoms with Gasteiger partial charge < -0.3 is 15.9 Å². The van der Waals surface area contributed by atoms with E-state index in [2.05, 4.69) is 0 Å². The summed E-state index contributed by atoms with van der Waals surface area (Å²) in [5.74, 6) is 0. The minimum Gasteiger partial charge on any atom is -0.387 e. The molecule has 0 spiro atoms. The number of aliphatic hydroxyl groups is 2. The van der Waals surface area contributed by atoms with Crippen LogP contribution in [0.25, 0.3) is 11.1 Å². The van der Waals surface area contributed by atoms with Crippen molar-refractivity contribution in [2.75, 3.05) is 0 Å². The van der Waals surface area contributed by atoms with Crippen LogP contribution in [0.2, 0.25) is 0 Å². The Hall–Kier alpha value is -1.94. The summed E-state index contributed by atoms with van der Waals surface area (Å²) in [6, 6.07) is 18.5. The number of rotatable bonds is 2. The molecule has 108 valence electrons. The quantitative estimate of drug-likeness (QED) is 0.789. The molecule has 3 heteroatoms. The van der Waals surface area contributed by atoms with Crippen molar-refractivity contribution in [2.45, 2.75) is 24.7 Å². The molecule has 21 heavy (non-hydrogen) atoms. The van der Waals surface area contributed by atoms with Gasteiger partial charge >= 0.3 is 0 Å². The predicted octanol–water partition coefficient (Wildman–Crippen LogP) is 2.05. The summed E-state index contributed by atoms with van der Waals surface area (Å²) < 4.78 is 0. The first-order valence-corrected chi connectivity index (χ1v) is 7.05. The maximum absolute atomic E-state index is 10.8. The van der Waals surface area contributed by atoms with Crippen LogP contribution in [0.1, 0.15) is 18.1 Å². The SMILES string of the molecule is C[C@]1(O)C(c2ccccc2)=C(c2ccccc2)C(O)[C@@H]1N. The van der Waals surface area contributed by atoms with E-state index >= 15 is 0 Å². The lowest BCUT2D eigenvalue weighted by molar-refractivity contribution is 0.0581. The van der Waals surface area contributed by atoms with E-state index in [1.54, 1.807) is 6.92 Å². The molecule has 0 heterocycles. The van der Waals surface area contributed by atoms with Gasteiger partial charge in [0.1, 0.15) is 5.60 Å². The summed E-state index contributed by atoms with van der Waals surface area (Å²) >= 11 is 0. The van der Waals surface area contributed by atoms with E-state index in [1.807, 2.05) is 60.7 Å². The lowest BCUT2D eigenvalue weighted by Gasteiger charge is -2.27. The standard InChI is InChI=1S/C18H19NO2/c1-18(21)15(13-10-6-3-7-11-13)14(16(20)17(18)19)12-8-4-2-5-9-12/h2-11,16-17,20-21H,19H2,1H3/t16?,17-,18-/m0/s1. The first kappa shape index (κ1) is 14.0. The fourth-order valence-corrected chi connectivity index (χ4v) is 3.06. The Morgan fingerprint density at radius 1 is 0.905 bits per heavy atom. The molecule has 1 aliphatic carbocycles. The van der Waals surface area contributed by atoms with Crippen molar-refractivity contribution in [3.8, 4) is 0 Å². The van der Waals surface area contributed by atoms with Crippen LogP contribution in [-0.2, 0) is 0 Å². The lowest BCUT2D eigenvalue weighted by Crippen LogP contribution is -2.48. The Kier molecular flexibility index (Phi) is 3.41. The largest absolute Gasteiger partial charge is 0.387 e. The van der Waals surface area contributed by atoms with Crippen LogP contribution >= 0.6 is 0 Å². The number of hydrogen-bond acceptors (Lipinski definition) is 3. The maximum Gasteiger partial charge on any atom is 0.106 e. The Morgan fingerprint density at radius 2 is 1.38 bits per heavy atom. The highest BCUT2D eigenvalue weighted by molar-refractivity contribution is 5.99. The average Bonchev–Trinajstić information content (AvgIpc) is 2.69. The first-order valence-electron chi connectivity index (χ1n) is 7.05. The van der Waals surface area contributed by atoms with Crippen molar-refractivity contribution in [1.29, 1.82) is 0 Å². The van der Waals surface area contributed by atoms with Gasteiger partial charge in [0.05, 0.1) is 12.1 Å². The van der Waals surface area contributed by atoms with E-state index in [9.17, 15) is 10.2 Å². The zero-order chi connectivity index (χ0) is 15.0. The second kappa shape index (κ2) is 5.11. The molecule has 0 aromatic heterocycles. The van der Waals surface area contributed by atoms with Gasteiger partial charge in [-0.15, -0.1) is 0 Å². The van der Waals surface area contributed by atoms with Crippen molar-refractivity contribution in [3.63, 3.8) is 0 Å². The fourth-order valence-electron chi connectivity index (χ4n) is 3.06. The van der Waals surface area contributed by atoms with Crippen LogP contribution in [0.15, 0.2) is 60.7 Å². The number of hydrogen-bond donors (Lipinski definition) is 3. The van der Waals surface area contributed by atoms with E-state index in [0.29, 0.717) is 11.1 Å². The zero-order valence-electron chi connectivity index (χ0n) is 11.9. The molecular weight excluding hydrogens is 262 g/mol. The highest BCUT2D eigenvalue weighted by atomic mass is 16.3. The van der Waals surface area contributed by atoms with Gasteiger partial charge in [0.15, 0.2) is 0 Å². The predicted molar refractivity (Wildman–Crippen MR) is 84.3 cm³/mol. The molecule has 3 nitrogen and oxygen atoms in total. The van der Waals surface area contributed by atoms with Gasteiger partial charge in [0.2, 0.25) is 0 Å². The summed E-state index contributed by atoms with van der Waals surface area (Å²) in [6.07, 6.45) is -0.891. The van der Waals surface area contributed by atoms with Crippen molar-refractivity contribution in [1.82, 2.24) is 0 Å². The summed E-state index contributed by atoms with van der Waals surface area (Å²) in [5.41, 5.74) is 7.98. The summed E-state index contributed by atoms with van der Waals surface area (Å²) in [5, 5.41) is 21.4. The van der Waals surface area contributed by atoms with E-state index in [4.69, 9.17) is 5.73 Å². The minimum atomic E-state index is -1.27. The maximum atomic E-state index is 10.8. The molecular formula is C18H19NO2. The van der Waals surface area contributed by atoms with Gasteiger partial charge in [-0.1, -0.05) is 60.7 Å². The Balaban J connectivity index is 2.27. The second-order valence-electron chi connectivity index (χ2n) is 5.64. The normalized spacial score (nSPS) is 29.0. The van der Waals surface area contributed by atoms with Gasteiger partial charge in [-0.05, 0) is 29.2 Å². The van der Waals surface area contributed by atoms with Crippen LogP contribution in [0.5, 0.6) is 0 Å². The summed E-state index contributed by atoms with van der Waals surface area (Å²) in [7, 11) is 0. The molecule has 0 radical (unpaired) electrons. The summed E-state index contributed by atoms with van der Waals surface area (Å²) in [6.45, 7) is 1.67. The van der Waals surface area contributed by atoms with Crippen LogP contribution < -0.4 is 5.73 Å². The van der Waals surface area contributed by atoms with E-state index < -0.39 is 17.7 Å². The molecule has 4 N–H and O–H groups in total. The molecule has 0 saturated heterocycles. The van der Waals surface area contributed by atoms with Gasteiger partial charge in [0, 0.05) is 0 Å². The third-order valence-corrected chi connectivity index (χ3v) is 4.21. The molecule has 2 aromatic carbocycles. The molecule has 0 aliphatic heterocycles. The number of aliphatic hydroxyl groups excluding tert-OH is 1. The van der Waals surface area contributed by atoms with Gasteiger partial charge in [-0.3, -0.25) is 0 Å². The Morgan fingerprint density at radius 3 is 1.90 bits per heavy atom. The molecule has 3 rings (SSSR count). The molecule has 0 saturated carbocycles. The lowest BCUT2D eigenvalue weighted by atomic mass is 9.88. The smallest absolute Gasteiger partial charge is 0.106 e. The molecule has 3 atom stereocenters. The molecule has 0 fully saturated rings. The first-order chi connectivity index (χ1) is 10.0. The van der Waals surface area contributed by atoms with Crippen molar-refractivity contribution in [2.24, 2.45) is 5.73 Å². The van der Waals surface area contributed by atoms with Crippen molar-refractivity contribution < 1.29 is 10.2 Å². The third-order valence-electron chi connectivity index (χ3n) is 4.21. The molecule has 0 bridgehead atoms. The monoisotopic (exact) mass is 281 g/mol. The number of benzene rings is 2. The van der Waals surface area contributed by atoms with Crippen LogP contribution in [0, 0.1) is 0 Å². The highest BCUT2D eigenvalue weighted by Crippen LogP contribution is 2.45. The fraction of sp³-hybridized carbons (Fsp3) is 0.222. The minimum absolute atomic E-state index is 0.703. The molecule has 2 aromatic rings. The highest BCUT2D eigenvalue weighted by Gasteiger charge is 2.48. The summed E-state index contributed by atoms with van der Waals surface area (Å²) in [4.78, 5) is 0. The van der Waals surface area contributed by atoms with Gasteiger partial charge in [0.25, 0.3) is 0 Å². The van der Waals surface area contributed by atoms with Crippen molar-refractivity contribution >= 4 is 11.1 Å². The van der Waals surface area contributed by atoms with E-state index in [-0.39, 0.29) is 0 Å². The van der Waals surface area contributed by atoms with E-state index in [1.165, 1.54) is 0 Å². The third kappa shape index (κ3) is 2.20. The van der Waals surface area contributed by atoms with Crippen LogP contribution in [0.3, 0.4) is 0 Å². The average molecular weight is 281 g/mol. The zero-order valence-corrected chi connectivity index (χ0v) is 11.9. The number of nitrogens with two attached hydrogens (primary N) is 1. The topological polar surface area (TPSA) is 66.5 Å². The van der Waals surface area contributed by atoms with Gasteiger partial charge in [-0.2, -0.15) is 0 Å². The second-order valence-corrected chi connectivity index (χ2v) is 5.64.